The molecular weight excluding hydrogens is 423 g/mol. The highest BCUT2D eigenvalue weighted by atomic mass is 32.2. The first-order valence-electron chi connectivity index (χ1n) is 10.2. The number of hydrogen-bond donors (Lipinski definition) is 3. The normalized spacial score (nSPS) is 33.4. The quantitative estimate of drug-likeness (QED) is 0.603. The second kappa shape index (κ2) is 7.27. The molecule has 0 saturated heterocycles. The van der Waals surface area contributed by atoms with Crippen molar-refractivity contribution in [3.05, 3.63) is 23.3 Å². The van der Waals surface area contributed by atoms with Gasteiger partial charge >= 0.3 is 16.5 Å². The van der Waals surface area contributed by atoms with E-state index < -0.39 is 23.1 Å². The van der Waals surface area contributed by atoms with Gasteiger partial charge < -0.3 is 9.84 Å². The lowest BCUT2D eigenvalue weighted by molar-refractivity contribution is -0.153. The first-order valence-corrected chi connectivity index (χ1v) is 11.6. The van der Waals surface area contributed by atoms with Gasteiger partial charge in [-0.1, -0.05) is 6.92 Å². The van der Waals surface area contributed by atoms with E-state index in [-0.39, 0.29) is 28.9 Å². The predicted octanol–water partition coefficient (Wildman–Crippen LogP) is 4.06. The van der Waals surface area contributed by atoms with E-state index in [1.807, 2.05) is 4.72 Å². The third-order valence-electron chi connectivity index (χ3n) is 7.41. The fraction of sp³-hybridized carbons (Fsp3) is 0.700. The van der Waals surface area contributed by atoms with Gasteiger partial charge in [0.15, 0.2) is 6.61 Å². The maximum atomic E-state index is 12.7. The third-order valence-corrected chi connectivity index (χ3v) is 7.88. The number of rotatable bonds is 4. The highest BCUT2D eigenvalue weighted by Gasteiger charge is 2.54. The standard InChI is InChI=1S/C20H26F3NO5S/c1-19-7-6-12-13(15(19)4-5-18(19)25)3-2-11-8-16(24-30(26,27)28)17(9-14(11)12)29-10-20(21,22)23/h8-9,12-13,15,18,24-25H,2-7,10H2,1H3,(H,26,27,28)/t12-,13+,15-,18-,19-/m0/s1. The van der Waals surface area contributed by atoms with Gasteiger partial charge in [0.1, 0.15) is 5.75 Å². The minimum atomic E-state index is -4.67. The average molecular weight is 449 g/mol. The van der Waals surface area contributed by atoms with E-state index in [0.29, 0.717) is 18.3 Å². The fourth-order valence-corrected chi connectivity index (χ4v) is 6.51. The number of aryl methyl sites for hydroxylation is 1. The fourth-order valence-electron chi connectivity index (χ4n) is 6.07. The molecule has 0 radical (unpaired) electrons. The smallest absolute Gasteiger partial charge is 0.422 e. The van der Waals surface area contributed by atoms with E-state index in [0.717, 1.165) is 43.2 Å². The lowest BCUT2D eigenvalue weighted by Crippen LogP contribution is -2.43. The Labute approximate surface area is 173 Å². The monoisotopic (exact) mass is 449 g/mol. The van der Waals surface area contributed by atoms with Gasteiger partial charge in [0, 0.05) is 0 Å². The summed E-state index contributed by atoms with van der Waals surface area (Å²) < 4.78 is 76.6. The van der Waals surface area contributed by atoms with Crippen molar-refractivity contribution in [2.24, 2.45) is 17.3 Å². The number of fused-ring (bicyclic) bond motifs is 5. The Morgan fingerprint density at radius 3 is 2.63 bits per heavy atom. The van der Waals surface area contributed by atoms with Crippen LogP contribution in [0.2, 0.25) is 0 Å². The Morgan fingerprint density at radius 1 is 1.23 bits per heavy atom. The van der Waals surface area contributed by atoms with Gasteiger partial charge in [-0.15, -0.1) is 0 Å². The molecule has 168 valence electrons. The van der Waals surface area contributed by atoms with Crippen LogP contribution in [0.3, 0.4) is 0 Å². The summed E-state index contributed by atoms with van der Waals surface area (Å²) in [5.74, 6) is 0.563. The van der Waals surface area contributed by atoms with Crippen molar-refractivity contribution in [2.75, 3.05) is 11.3 Å². The van der Waals surface area contributed by atoms with Crippen LogP contribution >= 0.6 is 0 Å². The molecule has 0 aromatic heterocycles. The van der Waals surface area contributed by atoms with Crippen molar-refractivity contribution in [2.45, 2.75) is 63.6 Å². The van der Waals surface area contributed by atoms with Crippen LogP contribution in [0.25, 0.3) is 0 Å². The Bertz CT molecular complexity index is 935. The molecular formula is C20H26F3NO5S. The molecule has 1 aromatic rings. The molecule has 2 fully saturated rings. The first kappa shape index (κ1) is 21.7. The molecule has 3 aliphatic carbocycles. The Balaban J connectivity index is 1.70. The summed E-state index contributed by atoms with van der Waals surface area (Å²) in [6.45, 7) is 0.574. The summed E-state index contributed by atoms with van der Waals surface area (Å²) in [5, 5.41) is 10.5. The zero-order valence-corrected chi connectivity index (χ0v) is 17.4. The van der Waals surface area contributed by atoms with E-state index in [1.54, 1.807) is 0 Å². The molecule has 4 rings (SSSR count). The summed E-state index contributed by atoms with van der Waals surface area (Å²) in [6, 6.07) is 2.97. The number of anilines is 1. The highest BCUT2D eigenvalue weighted by molar-refractivity contribution is 7.87. The van der Waals surface area contributed by atoms with E-state index in [1.165, 1.54) is 12.1 Å². The molecule has 2 saturated carbocycles. The van der Waals surface area contributed by atoms with Crippen molar-refractivity contribution in [3.8, 4) is 5.75 Å². The summed E-state index contributed by atoms with van der Waals surface area (Å²) in [6.07, 6.45) is -0.0216. The molecule has 0 unspecified atom stereocenters. The van der Waals surface area contributed by atoms with E-state index in [9.17, 15) is 26.7 Å². The van der Waals surface area contributed by atoms with Crippen LogP contribution in [0.5, 0.6) is 5.75 Å². The van der Waals surface area contributed by atoms with Gasteiger partial charge in [-0.05, 0) is 85.0 Å². The molecule has 5 atom stereocenters. The summed E-state index contributed by atoms with van der Waals surface area (Å²) in [5.41, 5.74) is 1.41. The van der Waals surface area contributed by atoms with Crippen LogP contribution in [0.4, 0.5) is 18.9 Å². The zero-order chi connectivity index (χ0) is 21.9. The zero-order valence-electron chi connectivity index (χ0n) is 16.6. The maximum Gasteiger partial charge on any atom is 0.422 e. The Kier molecular flexibility index (Phi) is 5.26. The summed E-state index contributed by atoms with van der Waals surface area (Å²) >= 11 is 0. The second-order valence-electron chi connectivity index (χ2n) is 9.08. The lowest BCUT2D eigenvalue weighted by Gasteiger charge is -2.50. The largest absolute Gasteiger partial charge is 0.482 e. The van der Waals surface area contributed by atoms with Crippen LogP contribution in [-0.4, -0.2) is 37.0 Å². The van der Waals surface area contributed by atoms with Gasteiger partial charge in [0.2, 0.25) is 0 Å². The maximum absolute atomic E-state index is 12.7. The molecule has 0 bridgehead atoms. The SMILES string of the molecule is C[C@]12CC[C@@H]3c4cc(OCC(F)(F)F)c(NS(=O)(=O)O)cc4CC[C@H]3[C@@H]1CC[C@@H]2O. The Morgan fingerprint density at radius 2 is 1.97 bits per heavy atom. The van der Waals surface area contributed by atoms with E-state index in [2.05, 4.69) is 6.92 Å². The number of aliphatic hydroxyl groups excluding tert-OH is 1. The number of alkyl halides is 3. The number of benzene rings is 1. The highest BCUT2D eigenvalue weighted by Crippen LogP contribution is 2.61. The van der Waals surface area contributed by atoms with Gasteiger partial charge in [-0.3, -0.25) is 9.27 Å². The van der Waals surface area contributed by atoms with E-state index >= 15 is 0 Å². The second-order valence-corrected chi connectivity index (χ2v) is 10.2. The molecule has 0 spiro atoms. The molecule has 0 heterocycles. The van der Waals surface area contributed by atoms with Gasteiger partial charge in [-0.25, -0.2) is 0 Å². The number of ether oxygens (including phenoxy) is 1. The number of halogens is 3. The van der Waals surface area contributed by atoms with Crippen molar-refractivity contribution < 1.29 is 36.0 Å². The van der Waals surface area contributed by atoms with Crippen LogP contribution in [-0.2, 0) is 16.7 Å². The van der Waals surface area contributed by atoms with Crippen molar-refractivity contribution in [1.29, 1.82) is 0 Å². The van der Waals surface area contributed by atoms with Crippen molar-refractivity contribution >= 4 is 16.0 Å². The van der Waals surface area contributed by atoms with E-state index in [4.69, 9.17) is 9.29 Å². The molecule has 0 amide bonds. The van der Waals surface area contributed by atoms with Gasteiger partial charge in [0.05, 0.1) is 11.8 Å². The Hall–Kier alpha value is -1.52. The number of aliphatic hydroxyl groups is 1. The predicted molar refractivity (Wildman–Crippen MR) is 104 cm³/mol. The lowest BCUT2D eigenvalue weighted by atomic mass is 9.55. The molecule has 30 heavy (non-hydrogen) atoms. The molecule has 1 aromatic carbocycles. The summed E-state index contributed by atoms with van der Waals surface area (Å²) in [4.78, 5) is 0. The van der Waals surface area contributed by atoms with Crippen LogP contribution in [0.1, 0.15) is 56.1 Å². The molecule has 3 aliphatic rings. The number of hydrogen-bond acceptors (Lipinski definition) is 4. The minimum absolute atomic E-state index is 0.124. The van der Waals surface area contributed by atoms with Crippen molar-refractivity contribution in [1.82, 2.24) is 0 Å². The van der Waals surface area contributed by atoms with Gasteiger partial charge in [-0.2, -0.15) is 21.6 Å². The average Bonchev–Trinajstić information content (AvgIpc) is 2.93. The molecule has 3 N–H and O–H groups in total. The topological polar surface area (TPSA) is 95.9 Å². The first-order chi connectivity index (χ1) is 13.9. The molecule has 6 nitrogen and oxygen atoms in total. The minimum Gasteiger partial charge on any atom is -0.482 e. The van der Waals surface area contributed by atoms with Gasteiger partial charge in [0.25, 0.3) is 0 Å². The molecule has 0 aliphatic heterocycles. The summed E-state index contributed by atoms with van der Waals surface area (Å²) in [7, 11) is -4.67. The van der Waals surface area contributed by atoms with Crippen molar-refractivity contribution in [3.63, 3.8) is 0 Å². The molecule has 10 heteroatoms. The van der Waals surface area contributed by atoms with Crippen LogP contribution in [0.15, 0.2) is 12.1 Å². The number of nitrogens with one attached hydrogen (secondary N) is 1. The third kappa shape index (κ3) is 4.01. The van der Waals surface area contributed by atoms with Crippen LogP contribution < -0.4 is 9.46 Å². The van der Waals surface area contributed by atoms with Crippen LogP contribution in [0, 0.1) is 17.3 Å².